The third-order valence-electron chi connectivity index (χ3n) is 5.62. The maximum absolute atomic E-state index is 13.7. The van der Waals surface area contributed by atoms with Crippen LogP contribution in [0.1, 0.15) is 45.2 Å². The Labute approximate surface area is 209 Å². The molecule has 0 bridgehead atoms. The number of anilines is 1. The molecule has 192 valence electrons. The minimum Gasteiger partial charge on any atom is -0.497 e. The van der Waals surface area contributed by atoms with Gasteiger partial charge in [0, 0.05) is 12.6 Å². The molecule has 0 heterocycles. The lowest BCUT2D eigenvalue weighted by Crippen LogP contribution is -2.53. The molecule has 0 aliphatic rings. The molecule has 9 heteroatoms. The van der Waals surface area contributed by atoms with Crippen molar-refractivity contribution in [1.29, 1.82) is 0 Å². The quantitative estimate of drug-likeness (QED) is 0.479. The van der Waals surface area contributed by atoms with E-state index in [0.717, 1.165) is 21.7 Å². The number of nitrogens with zero attached hydrogens (tertiary/aromatic N) is 2. The van der Waals surface area contributed by atoms with Crippen molar-refractivity contribution in [2.45, 2.75) is 59.2 Å². The molecule has 1 N–H and O–H groups in total. The van der Waals surface area contributed by atoms with Crippen molar-refractivity contribution in [3.8, 4) is 5.75 Å². The first-order chi connectivity index (χ1) is 16.5. The first kappa shape index (κ1) is 28.2. The Morgan fingerprint density at radius 2 is 1.74 bits per heavy atom. The highest BCUT2D eigenvalue weighted by atomic mass is 32.2. The monoisotopic (exact) mass is 503 g/mol. The molecule has 0 aliphatic heterocycles. The third kappa shape index (κ3) is 7.71. The number of aryl methyl sites for hydroxylation is 1. The van der Waals surface area contributed by atoms with Gasteiger partial charge in [-0.15, -0.1) is 0 Å². The lowest BCUT2D eigenvalue weighted by molar-refractivity contribution is -0.140. The Balaban J connectivity index is 2.49. The van der Waals surface area contributed by atoms with E-state index >= 15 is 0 Å². The van der Waals surface area contributed by atoms with Crippen LogP contribution in [-0.4, -0.2) is 57.1 Å². The maximum atomic E-state index is 13.7. The van der Waals surface area contributed by atoms with E-state index in [0.29, 0.717) is 24.3 Å². The fraction of sp³-hybridized carbons (Fsp3) is 0.462. The van der Waals surface area contributed by atoms with E-state index < -0.39 is 28.5 Å². The van der Waals surface area contributed by atoms with Gasteiger partial charge in [0.25, 0.3) is 0 Å². The van der Waals surface area contributed by atoms with Gasteiger partial charge in [-0.1, -0.05) is 44.2 Å². The van der Waals surface area contributed by atoms with Gasteiger partial charge in [-0.05, 0) is 56.0 Å². The Hall–Kier alpha value is -3.07. The van der Waals surface area contributed by atoms with Crippen LogP contribution in [0, 0.1) is 0 Å². The van der Waals surface area contributed by atoms with Gasteiger partial charge in [0.15, 0.2) is 0 Å². The number of sulfonamides is 1. The van der Waals surface area contributed by atoms with Gasteiger partial charge >= 0.3 is 0 Å². The highest BCUT2D eigenvalue weighted by molar-refractivity contribution is 7.92. The van der Waals surface area contributed by atoms with Gasteiger partial charge in [0.2, 0.25) is 21.8 Å². The number of carbonyl (C=O) groups is 2. The maximum Gasteiger partial charge on any atom is 0.244 e. The Morgan fingerprint density at radius 1 is 1.06 bits per heavy atom. The van der Waals surface area contributed by atoms with Crippen LogP contribution < -0.4 is 14.4 Å². The summed E-state index contributed by atoms with van der Waals surface area (Å²) in [5.41, 5.74) is 2.05. The van der Waals surface area contributed by atoms with Gasteiger partial charge in [-0.3, -0.25) is 13.9 Å². The molecular weight excluding hydrogens is 466 g/mol. The van der Waals surface area contributed by atoms with Crippen LogP contribution >= 0.6 is 0 Å². The van der Waals surface area contributed by atoms with Crippen molar-refractivity contribution in [2.75, 3.05) is 24.2 Å². The molecule has 0 spiro atoms. The number of hydrogen-bond acceptors (Lipinski definition) is 5. The van der Waals surface area contributed by atoms with Gasteiger partial charge in [-0.2, -0.15) is 0 Å². The van der Waals surface area contributed by atoms with Crippen LogP contribution in [0.15, 0.2) is 48.5 Å². The van der Waals surface area contributed by atoms with Crippen LogP contribution in [0.3, 0.4) is 0 Å². The molecule has 0 radical (unpaired) electrons. The van der Waals surface area contributed by atoms with Gasteiger partial charge in [0.1, 0.15) is 18.3 Å². The molecule has 35 heavy (non-hydrogen) atoms. The van der Waals surface area contributed by atoms with Gasteiger partial charge < -0.3 is 15.0 Å². The standard InChI is InChI=1S/C26H37N3O5S/c1-7-21-13-9-10-15-24(21)29(35(6,32)33)18-25(30)28(23(8-2)26(31)27-19(3)4)17-20-12-11-14-22(16-20)34-5/h9-16,19,23H,7-8,17-18H2,1-6H3,(H,27,31). The summed E-state index contributed by atoms with van der Waals surface area (Å²) in [4.78, 5) is 28.2. The molecule has 2 amide bonds. The molecule has 1 atom stereocenters. The molecule has 0 aliphatic carbocycles. The Morgan fingerprint density at radius 3 is 2.31 bits per heavy atom. The first-order valence-corrected chi connectivity index (χ1v) is 13.6. The SMILES string of the molecule is CCc1ccccc1N(CC(=O)N(Cc1cccc(OC)c1)C(CC)C(=O)NC(C)C)S(C)(=O)=O. The molecule has 0 saturated heterocycles. The van der Waals surface area contributed by atoms with Crippen LogP contribution in [0.4, 0.5) is 5.69 Å². The molecule has 0 saturated carbocycles. The summed E-state index contributed by atoms with van der Waals surface area (Å²) < 4.78 is 32.0. The fourth-order valence-electron chi connectivity index (χ4n) is 3.92. The number of ether oxygens (including phenoxy) is 1. The number of carbonyl (C=O) groups excluding carboxylic acids is 2. The van der Waals surface area contributed by atoms with Gasteiger partial charge in [-0.25, -0.2) is 8.42 Å². The Bertz CT molecular complexity index is 1120. The second-order valence-corrected chi connectivity index (χ2v) is 10.6. The summed E-state index contributed by atoms with van der Waals surface area (Å²) in [6, 6.07) is 13.5. The number of rotatable bonds is 12. The predicted octanol–water partition coefficient (Wildman–Crippen LogP) is 3.36. The van der Waals surface area contributed by atoms with Gasteiger partial charge in [0.05, 0.1) is 19.1 Å². The summed E-state index contributed by atoms with van der Waals surface area (Å²) in [6.45, 7) is 7.19. The lowest BCUT2D eigenvalue weighted by Gasteiger charge is -2.33. The molecule has 0 fully saturated rings. The van der Waals surface area contributed by atoms with E-state index in [4.69, 9.17) is 4.74 Å². The minimum absolute atomic E-state index is 0.103. The molecule has 2 rings (SSSR count). The van der Waals surface area contributed by atoms with Crippen LogP contribution in [0.2, 0.25) is 0 Å². The van der Waals surface area contributed by atoms with E-state index in [-0.39, 0.29) is 18.5 Å². The number of nitrogens with one attached hydrogen (secondary N) is 1. The van der Waals surface area contributed by atoms with Crippen LogP contribution in [0.5, 0.6) is 5.75 Å². The van der Waals surface area contributed by atoms with Crippen LogP contribution in [0.25, 0.3) is 0 Å². The average molecular weight is 504 g/mol. The Kier molecular flexibility index (Phi) is 10.1. The molecule has 8 nitrogen and oxygen atoms in total. The van der Waals surface area contributed by atoms with E-state index in [2.05, 4.69) is 5.32 Å². The van der Waals surface area contributed by atoms with E-state index in [1.807, 2.05) is 52.0 Å². The predicted molar refractivity (Wildman–Crippen MR) is 139 cm³/mol. The first-order valence-electron chi connectivity index (χ1n) is 11.8. The van der Waals surface area contributed by atoms with Crippen molar-refractivity contribution < 1.29 is 22.7 Å². The summed E-state index contributed by atoms with van der Waals surface area (Å²) in [7, 11) is -2.21. The van der Waals surface area contributed by atoms with E-state index in [9.17, 15) is 18.0 Å². The molecule has 2 aromatic carbocycles. The number of amides is 2. The van der Waals surface area contributed by atoms with Crippen molar-refractivity contribution in [3.05, 3.63) is 59.7 Å². The zero-order chi connectivity index (χ0) is 26.2. The molecular formula is C26H37N3O5S. The number of para-hydroxylation sites is 1. The van der Waals surface area contributed by atoms with Crippen molar-refractivity contribution in [2.24, 2.45) is 0 Å². The third-order valence-corrected chi connectivity index (χ3v) is 6.75. The summed E-state index contributed by atoms with van der Waals surface area (Å²) in [5.74, 6) is -0.113. The zero-order valence-electron chi connectivity index (χ0n) is 21.4. The lowest BCUT2D eigenvalue weighted by atomic mass is 10.1. The molecule has 1 unspecified atom stereocenters. The second-order valence-electron chi connectivity index (χ2n) is 8.71. The number of benzene rings is 2. The number of hydrogen-bond donors (Lipinski definition) is 1. The normalized spacial score (nSPS) is 12.2. The topological polar surface area (TPSA) is 96.0 Å². The second kappa shape index (κ2) is 12.6. The van der Waals surface area contributed by atoms with Crippen molar-refractivity contribution in [3.63, 3.8) is 0 Å². The summed E-state index contributed by atoms with van der Waals surface area (Å²) in [6.07, 6.45) is 2.07. The smallest absolute Gasteiger partial charge is 0.244 e. The van der Waals surface area contributed by atoms with Crippen molar-refractivity contribution in [1.82, 2.24) is 10.2 Å². The van der Waals surface area contributed by atoms with Crippen LogP contribution in [-0.2, 0) is 32.6 Å². The minimum atomic E-state index is -3.77. The van der Waals surface area contributed by atoms with E-state index in [1.54, 1.807) is 31.4 Å². The zero-order valence-corrected chi connectivity index (χ0v) is 22.3. The largest absolute Gasteiger partial charge is 0.497 e. The highest BCUT2D eigenvalue weighted by Gasteiger charge is 2.32. The highest BCUT2D eigenvalue weighted by Crippen LogP contribution is 2.24. The summed E-state index contributed by atoms with van der Waals surface area (Å²) in [5, 5.41) is 2.88. The fourth-order valence-corrected chi connectivity index (χ4v) is 4.80. The van der Waals surface area contributed by atoms with E-state index in [1.165, 1.54) is 4.90 Å². The molecule has 0 aromatic heterocycles. The average Bonchev–Trinajstić information content (AvgIpc) is 2.81. The number of methoxy groups -OCH3 is 1. The summed E-state index contributed by atoms with van der Waals surface area (Å²) >= 11 is 0. The van der Waals surface area contributed by atoms with Crippen molar-refractivity contribution >= 4 is 27.5 Å². The molecule has 2 aromatic rings.